The molecule has 1 saturated heterocycles. The van der Waals surface area contributed by atoms with Crippen LogP contribution >= 0.6 is 0 Å². The van der Waals surface area contributed by atoms with Crippen LogP contribution in [0.15, 0.2) is 48.5 Å². The first-order valence-corrected chi connectivity index (χ1v) is 25.3. The van der Waals surface area contributed by atoms with Crippen molar-refractivity contribution in [3.63, 3.8) is 0 Å². The van der Waals surface area contributed by atoms with Gasteiger partial charge < -0.3 is 56.1 Å². The van der Waals surface area contributed by atoms with Crippen LogP contribution in [-0.2, 0) is 44.6 Å². The molecule has 3 rings (SSSR count). The molecule has 7 amide bonds. The molecule has 72 heavy (non-hydrogen) atoms. The summed E-state index contributed by atoms with van der Waals surface area (Å²) in [4.78, 5) is 107. The lowest BCUT2D eigenvalue weighted by Gasteiger charge is -2.30. The fraction of sp³-hybridized carbons (Fsp3) is 0.623. The van der Waals surface area contributed by atoms with Gasteiger partial charge >= 0.3 is 18.2 Å². The quantitative estimate of drug-likeness (QED) is 0.0535. The van der Waals surface area contributed by atoms with Crippen molar-refractivity contribution in [2.75, 3.05) is 26.2 Å². The SMILES string of the molecule is CCCCc1ccc(-c2ccc(C(=O)NCCC(=O)N3C[C@@H](NC(=O)OC(C)(C)C)C[C@H]3C(=O)N[C@H](C(=O)N[C@@H](CC)C(=O)N[C@@H](CCCCNC(=O)OC(C)(C)C)C(=O)O)[C@@H](C)OCC(C)C)cc2)cc1. The second kappa shape index (κ2) is 28.7. The highest BCUT2D eigenvalue weighted by Crippen LogP contribution is 2.23. The number of hydrogen-bond donors (Lipinski definition) is 7. The summed E-state index contributed by atoms with van der Waals surface area (Å²) in [5, 5.41) is 26.0. The average Bonchev–Trinajstić information content (AvgIpc) is 3.72. The van der Waals surface area contributed by atoms with E-state index in [2.05, 4.69) is 63.1 Å². The first-order valence-electron chi connectivity index (χ1n) is 25.3. The third-order valence-electron chi connectivity index (χ3n) is 11.5. The molecule has 1 aliphatic heterocycles. The summed E-state index contributed by atoms with van der Waals surface area (Å²) in [5.74, 6) is -4.42. The highest BCUT2D eigenvalue weighted by Gasteiger charge is 2.43. The van der Waals surface area contributed by atoms with Crippen LogP contribution in [0.3, 0.4) is 0 Å². The highest BCUT2D eigenvalue weighted by atomic mass is 16.6. The Labute approximate surface area is 425 Å². The van der Waals surface area contributed by atoms with Gasteiger partial charge in [-0.25, -0.2) is 14.4 Å². The van der Waals surface area contributed by atoms with Gasteiger partial charge in [0.1, 0.15) is 35.4 Å². The third kappa shape index (κ3) is 21.2. The van der Waals surface area contributed by atoms with Crippen LogP contribution in [0.1, 0.15) is 143 Å². The van der Waals surface area contributed by atoms with E-state index in [9.17, 15) is 43.5 Å². The molecular weight excluding hydrogens is 927 g/mol. The van der Waals surface area contributed by atoms with Crippen LogP contribution in [0.25, 0.3) is 11.1 Å². The van der Waals surface area contributed by atoms with Crippen molar-refractivity contribution in [1.82, 2.24) is 36.8 Å². The van der Waals surface area contributed by atoms with Crippen molar-refractivity contribution in [3.8, 4) is 11.1 Å². The molecular formula is C53H81N7O12. The van der Waals surface area contributed by atoms with Gasteiger partial charge in [0.25, 0.3) is 5.91 Å². The minimum absolute atomic E-state index is 0.0376. The summed E-state index contributed by atoms with van der Waals surface area (Å²) in [7, 11) is 0. The number of rotatable bonds is 26. The largest absolute Gasteiger partial charge is 0.480 e. The lowest BCUT2D eigenvalue weighted by molar-refractivity contribution is -0.143. The molecule has 400 valence electrons. The smallest absolute Gasteiger partial charge is 0.407 e. The molecule has 19 heteroatoms. The van der Waals surface area contributed by atoms with E-state index in [1.807, 2.05) is 26.0 Å². The van der Waals surface area contributed by atoms with E-state index in [-0.39, 0.29) is 57.8 Å². The first kappa shape index (κ1) is 60.1. The van der Waals surface area contributed by atoms with Crippen molar-refractivity contribution in [3.05, 3.63) is 59.7 Å². The number of hydrogen-bond acceptors (Lipinski definition) is 11. The van der Waals surface area contributed by atoms with Crippen LogP contribution in [0.5, 0.6) is 0 Å². The van der Waals surface area contributed by atoms with Crippen LogP contribution in [-0.4, -0.2) is 131 Å². The van der Waals surface area contributed by atoms with Crippen molar-refractivity contribution in [1.29, 1.82) is 0 Å². The third-order valence-corrected chi connectivity index (χ3v) is 11.5. The fourth-order valence-electron chi connectivity index (χ4n) is 7.73. The number of ether oxygens (including phenoxy) is 3. The van der Waals surface area contributed by atoms with E-state index in [0.29, 0.717) is 18.4 Å². The lowest BCUT2D eigenvalue weighted by Crippen LogP contribution is -2.60. The fourth-order valence-corrected chi connectivity index (χ4v) is 7.73. The maximum Gasteiger partial charge on any atom is 0.407 e. The number of amides is 7. The van der Waals surface area contributed by atoms with Crippen LogP contribution in [0, 0.1) is 5.92 Å². The van der Waals surface area contributed by atoms with Crippen molar-refractivity contribution in [2.45, 2.75) is 181 Å². The Kier molecular flexibility index (Phi) is 24.0. The van der Waals surface area contributed by atoms with Crippen LogP contribution in [0.4, 0.5) is 9.59 Å². The Bertz CT molecular complexity index is 2120. The summed E-state index contributed by atoms with van der Waals surface area (Å²) in [6.45, 7) is 19.8. The van der Waals surface area contributed by atoms with Crippen LogP contribution < -0.4 is 31.9 Å². The average molecular weight is 1010 g/mol. The number of aliphatic carboxylic acids is 1. The molecule has 6 atom stereocenters. The number of carboxylic acid groups (broad SMARTS) is 1. The molecule has 0 radical (unpaired) electrons. The predicted octanol–water partition coefficient (Wildman–Crippen LogP) is 6.02. The Morgan fingerprint density at radius 1 is 0.722 bits per heavy atom. The van der Waals surface area contributed by atoms with E-state index in [0.717, 1.165) is 30.4 Å². The molecule has 19 nitrogen and oxygen atoms in total. The zero-order chi connectivity index (χ0) is 53.8. The molecule has 0 bridgehead atoms. The van der Waals surface area contributed by atoms with Gasteiger partial charge in [0.05, 0.1) is 12.1 Å². The maximum atomic E-state index is 14.4. The number of nitrogens with zero attached hydrogens (tertiary/aromatic N) is 1. The predicted molar refractivity (Wildman–Crippen MR) is 273 cm³/mol. The number of alkyl carbamates (subject to hydrolysis) is 2. The van der Waals surface area contributed by atoms with Gasteiger partial charge in [-0.3, -0.25) is 24.0 Å². The van der Waals surface area contributed by atoms with E-state index < -0.39 is 95.2 Å². The number of benzene rings is 2. The number of nitrogens with one attached hydrogen (secondary N) is 6. The Morgan fingerprint density at radius 3 is 1.89 bits per heavy atom. The molecule has 2 aromatic rings. The second-order valence-corrected chi connectivity index (χ2v) is 20.7. The Morgan fingerprint density at radius 2 is 1.32 bits per heavy atom. The van der Waals surface area contributed by atoms with Gasteiger partial charge in [-0.05, 0) is 128 Å². The molecule has 0 saturated carbocycles. The van der Waals surface area contributed by atoms with Gasteiger partial charge in [0.2, 0.25) is 23.6 Å². The monoisotopic (exact) mass is 1010 g/mol. The van der Waals surface area contributed by atoms with Gasteiger partial charge in [-0.2, -0.15) is 0 Å². The Balaban J connectivity index is 1.73. The molecule has 1 heterocycles. The molecule has 0 aliphatic carbocycles. The normalized spacial score (nSPS) is 16.4. The van der Waals surface area contributed by atoms with Gasteiger partial charge in [-0.15, -0.1) is 0 Å². The Hall–Kier alpha value is -6.24. The molecule has 0 aromatic heterocycles. The molecule has 1 fully saturated rings. The highest BCUT2D eigenvalue weighted by molar-refractivity contribution is 5.96. The van der Waals surface area contributed by atoms with Crippen LogP contribution in [0.2, 0.25) is 0 Å². The molecule has 7 N–H and O–H groups in total. The van der Waals surface area contributed by atoms with Gasteiger partial charge in [0, 0.05) is 38.2 Å². The zero-order valence-electron chi connectivity index (χ0n) is 44.2. The first-order chi connectivity index (χ1) is 33.8. The molecule has 0 unspecified atom stereocenters. The van der Waals surface area contributed by atoms with Crippen molar-refractivity contribution in [2.24, 2.45) is 5.92 Å². The van der Waals surface area contributed by atoms with Crippen molar-refractivity contribution < 1.29 is 57.7 Å². The second-order valence-electron chi connectivity index (χ2n) is 20.7. The number of unbranched alkanes of at least 4 members (excludes halogenated alkanes) is 2. The van der Waals surface area contributed by atoms with E-state index in [1.54, 1.807) is 67.5 Å². The maximum absolute atomic E-state index is 14.4. The standard InChI is InChI=1S/C53H81N7O12/c1-12-14-17-35-19-21-36(22-20-35)37-23-25-38(26-24-37)45(62)54-29-27-43(61)60-31-39(56-51(69)72-53(9,10)11)30-42(60)47(64)59-44(34(5)70-32-33(3)4)48(65)57-40(13-2)46(63)58-41(49(66)67)18-15-16-28-55-50(68)71-52(6,7)8/h19-26,33-34,39-42,44H,12-18,27-32H2,1-11H3,(H,54,62)(H,55,68)(H,56,69)(H,57,65)(H,58,63)(H,59,64)(H,66,67)/t34-,39+,40+,41+,42+,44+/m1/s1. The topological polar surface area (TPSA) is 260 Å². The molecule has 1 aliphatic rings. The van der Waals surface area contributed by atoms with E-state index in [1.165, 1.54) is 10.5 Å². The van der Waals surface area contributed by atoms with E-state index in [4.69, 9.17) is 14.2 Å². The summed E-state index contributed by atoms with van der Waals surface area (Å²) in [6.07, 6.45) is 1.57. The zero-order valence-corrected chi connectivity index (χ0v) is 44.2. The lowest BCUT2D eigenvalue weighted by atomic mass is 10.0. The summed E-state index contributed by atoms with van der Waals surface area (Å²) < 4.78 is 16.7. The van der Waals surface area contributed by atoms with E-state index >= 15 is 0 Å². The summed E-state index contributed by atoms with van der Waals surface area (Å²) in [6, 6.07) is 9.69. The molecule has 0 spiro atoms. The summed E-state index contributed by atoms with van der Waals surface area (Å²) in [5.41, 5.74) is 2.14. The minimum atomic E-state index is -1.39. The number of likely N-dealkylation sites (tertiary alicyclic amines) is 1. The molecule has 2 aromatic carbocycles. The van der Waals surface area contributed by atoms with Crippen molar-refractivity contribution >= 4 is 47.7 Å². The number of carbonyl (C=O) groups excluding carboxylic acids is 7. The van der Waals surface area contributed by atoms with Gasteiger partial charge in [-0.1, -0.05) is 70.5 Å². The van der Waals surface area contributed by atoms with Gasteiger partial charge in [0.15, 0.2) is 0 Å². The number of carbonyl (C=O) groups is 8. The number of aryl methyl sites for hydroxylation is 1. The number of carboxylic acids is 1. The summed E-state index contributed by atoms with van der Waals surface area (Å²) >= 11 is 0. The minimum Gasteiger partial charge on any atom is -0.480 e.